The van der Waals surface area contributed by atoms with Crippen LogP contribution in [0.1, 0.15) is 35.7 Å². The van der Waals surface area contributed by atoms with Crippen LogP contribution in [-0.2, 0) is 11.3 Å². The highest BCUT2D eigenvalue weighted by Crippen LogP contribution is 2.27. The zero-order valence-corrected chi connectivity index (χ0v) is 14.6. The molecule has 0 amide bonds. The van der Waals surface area contributed by atoms with Gasteiger partial charge in [0.05, 0.1) is 12.7 Å². The summed E-state index contributed by atoms with van der Waals surface area (Å²) in [5, 5.41) is 0.677. The molecule has 0 radical (unpaired) electrons. The third-order valence-corrected chi connectivity index (χ3v) is 4.68. The van der Waals surface area contributed by atoms with Crippen molar-refractivity contribution >= 4 is 30.0 Å². The minimum atomic E-state index is -0.338. The van der Waals surface area contributed by atoms with Gasteiger partial charge in [0.1, 0.15) is 0 Å². The molecular weight excluding hydrogens is 323 g/mol. The average molecular weight is 347 g/mol. The first-order valence-corrected chi connectivity index (χ1v) is 7.75. The summed E-state index contributed by atoms with van der Waals surface area (Å²) >= 11 is 6.28. The van der Waals surface area contributed by atoms with Crippen LogP contribution in [0.3, 0.4) is 0 Å². The van der Waals surface area contributed by atoms with Gasteiger partial charge >= 0.3 is 5.97 Å². The Morgan fingerprint density at radius 3 is 2.86 bits per heavy atom. The summed E-state index contributed by atoms with van der Waals surface area (Å²) in [7, 11) is 1.38. The van der Waals surface area contributed by atoms with Gasteiger partial charge in [0, 0.05) is 24.2 Å². The summed E-state index contributed by atoms with van der Waals surface area (Å²) < 4.78 is 4.76. The van der Waals surface area contributed by atoms with Gasteiger partial charge in [0.25, 0.3) is 0 Å². The van der Waals surface area contributed by atoms with Gasteiger partial charge in [0.15, 0.2) is 0 Å². The molecule has 22 heavy (non-hydrogen) atoms. The van der Waals surface area contributed by atoms with Gasteiger partial charge in [-0.05, 0) is 49.1 Å². The number of likely N-dealkylation sites (tertiary alicyclic amines) is 1. The number of nitrogens with two attached hydrogens (primary N) is 1. The number of methoxy groups -OCH3 is 1. The fourth-order valence-corrected chi connectivity index (χ4v) is 3.25. The number of halogens is 2. The first kappa shape index (κ1) is 19.2. The van der Waals surface area contributed by atoms with Crippen LogP contribution in [0.5, 0.6) is 0 Å². The summed E-state index contributed by atoms with van der Waals surface area (Å²) in [6.07, 6.45) is 2.39. The molecule has 0 aromatic heterocycles. The van der Waals surface area contributed by atoms with Gasteiger partial charge in [-0.2, -0.15) is 0 Å². The van der Waals surface area contributed by atoms with Crippen molar-refractivity contribution in [2.24, 2.45) is 11.7 Å². The lowest BCUT2D eigenvalue weighted by molar-refractivity contribution is 0.0600. The molecule has 1 heterocycles. The minimum Gasteiger partial charge on any atom is -0.465 e. The number of carbonyl (C=O) groups is 1. The van der Waals surface area contributed by atoms with Crippen LogP contribution in [-0.4, -0.2) is 37.1 Å². The quantitative estimate of drug-likeness (QED) is 0.851. The van der Waals surface area contributed by atoms with E-state index in [2.05, 4.69) is 11.8 Å². The Labute approximate surface area is 143 Å². The molecule has 124 valence electrons. The van der Waals surface area contributed by atoms with Crippen LogP contribution in [0.2, 0.25) is 5.02 Å². The Hall–Kier alpha value is -0.810. The van der Waals surface area contributed by atoms with Crippen LogP contribution in [0.4, 0.5) is 0 Å². The molecule has 4 nitrogen and oxygen atoms in total. The summed E-state index contributed by atoms with van der Waals surface area (Å²) in [4.78, 5) is 14.0. The van der Waals surface area contributed by atoms with Crippen molar-refractivity contribution in [1.29, 1.82) is 0 Å². The van der Waals surface area contributed by atoms with Gasteiger partial charge in [-0.15, -0.1) is 12.4 Å². The largest absolute Gasteiger partial charge is 0.465 e. The van der Waals surface area contributed by atoms with Crippen molar-refractivity contribution in [3.8, 4) is 0 Å². The van der Waals surface area contributed by atoms with E-state index in [0.29, 0.717) is 29.1 Å². The predicted molar refractivity (Wildman–Crippen MR) is 91.7 cm³/mol. The highest BCUT2D eigenvalue weighted by Gasteiger charge is 2.27. The van der Waals surface area contributed by atoms with Crippen LogP contribution in [0.25, 0.3) is 0 Å². The minimum absolute atomic E-state index is 0. The number of piperidine rings is 1. The topological polar surface area (TPSA) is 55.6 Å². The standard InChI is InChI=1S/C16H23ClN2O2.ClH/c1-11-4-3-7-19(15(11)9-18)10-13-8-12(16(20)21-2)5-6-14(13)17;/h5-6,8,11,15H,3-4,7,9-10,18H2,1-2H3;1H. The van der Waals surface area contributed by atoms with E-state index in [4.69, 9.17) is 22.1 Å². The molecule has 2 N–H and O–H groups in total. The third kappa shape index (κ3) is 4.35. The lowest BCUT2D eigenvalue weighted by Gasteiger charge is -2.39. The molecule has 1 aromatic rings. The zero-order chi connectivity index (χ0) is 15.4. The molecule has 1 saturated heterocycles. The van der Waals surface area contributed by atoms with Gasteiger partial charge in [-0.3, -0.25) is 4.90 Å². The maximum atomic E-state index is 11.6. The Bertz CT molecular complexity index is 511. The lowest BCUT2D eigenvalue weighted by atomic mass is 9.90. The fourth-order valence-electron chi connectivity index (χ4n) is 3.07. The van der Waals surface area contributed by atoms with Crippen LogP contribution in [0.15, 0.2) is 18.2 Å². The van der Waals surface area contributed by atoms with Crippen molar-refractivity contribution < 1.29 is 9.53 Å². The van der Waals surface area contributed by atoms with Crippen LogP contribution in [0, 0.1) is 5.92 Å². The molecule has 0 bridgehead atoms. The lowest BCUT2D eigenvalue weighted by Crippen LogP contribution is -2.48. The number of hydrogen-bond acceptors (Lipinski definition) is 4. The predicted octanol–water partition coefficient (Wildman–Crippen LogP) is 3.11. The molecule has 1 aliphatic rings. The van der Waals surface area contributed by atoms with Crippen molar-refractivity contribution in [3.63, 3.8) is 0 Å². The molecule has 1 aromatic carbocycles. The Morgan fingerprint density at radius 2 is 2.23 bits per heavy atom. The molecule has 1 aliphatic heterocycles. The summed E-state index contributed by atoms with van der Waals surface area (Å²) in [6, 6.07) is 5.64. The zero-order valence-electron chi connectivity index (χ0n) is 13.0. The molecule has 2 atom stereocenters. The second kappa shape index (κ2) is 8.73. The Balaban J connectivity index is 0.00000242. The summed E-state index contributed by atoms with van der Waals surface area (Å²) in [5.41, 5.74) is 7.41. The second-order valence-corrected chi connectivity index (χ2v) is 6.10. The number of rotatable bonds is 4. The average Bonchev–Trinajstić information content (AvgIpc) is 2.49. The van der Waals surface area contributed by atoms with Crippen LogP contribution < -0.4 is 5.73 Å². The third-order valence-electron chi connectivity index (χ3n) is 4.31. The van der Waals surface area contributed by atoms with Crippen molar-refractivity contribution in [1.82, 2.24) is 4.90 Å². The Kier molecular flexibility index (Phi) is 7.63. The smallest absolute Gasteiger partial charge is 0.337 e. The van der Waals surface area contributed by atoms with E-state index in [-0.39, 0.29) is 18.4 Å². The Morgan fingerprint density at radius 1 is 1.50 bits per heavy atom. The normalized spacial score (nSPS) is 22.0. The summed E-state index contributed by atoms with van der Waals surface area (Å²) in [5.74, 6) is 0.251. The van der Waals surface area contributed by atoms with Crippen LogP contribution >= 0.6 is 24.0 Å². The number of hydrogen-bond donors (Lipinski definition) is 1. The fraction of sp³-hybridized carbons (Fsp3) is 0.562. The molecule has 1 fully saturated rings. The van der Waals surface area contributed by atoms with E-state index in [9.17, 15) is 4.79 Å². The maximum Gasteiger partial charge on any atom is 0.337 e. The van der Waals surface area contributed by atoms with E-state index in [1.165, 1.54) is 20.0 Å². The number of carbonyl (C=O) groups excluding carboxylic acids is 1. The number of esters is 1. The van der Waals surface area contributed by atoms with E-state index >= 15 is 0 Å². The molecule has 0 saturated carbocycles. The second-order valence-electron chi connectivity index (χ2n) is 5.69. The highest BCUT2D eigenvalue weighted by atomic mass is 35.5. The number of ether oxygens (including phenoxy) is 1. The maximum absolute atomic E-state index is 11.6. The van der Waals surface area contributed by atoms with E-state index in [1.807, 2.05) is 6.07 Å². The molecule has 2 unspecified atom stereocenters. The van der Waals surface area contributed by atoms with E-state index < -0.39 is 0 Å². The van der Waals surface area contributed by atoms with E-state index in [0.717, 1.165) is 18.7 Å². The number of benzene rings is 1. The molecule has 0 aliphatic carbocycles. The van der Waals surface area contributed by atoms with E-state index in [1.54, 1.807) is 12.1 Å². The SMILES string of the molecule is COC(=O)c1ccc(Cl)c(CN2CCCC(C)C2CN)c1.Cl. The monoisotopic (exact) mass is 346 g/mol. The molecule has 6 heteroatoms. The van der Waals surface area contributed by atoms with Crippen molar-refractivity contribution in [2.75, 3.05) is 20.2 Å². The number of nitrogens with zero attached hydrogens (tertiary/aromatic N) is 1. The van der Waals surface area contributed by atoms with Crippen molar-refractivity contribution in [3.05, 3.63) is 34.3 Å². The molecule has 0 spiro atoms. The first-order chi connectivity index (χ1) is 10.1. The van der Waals surface area contributed by atoms with Gasteiger partial charge in [-0.25, -0.2) is 4.79 Å². The highest BCUT2D eigenvalue weighted by molar-refractivity contribution is 6.31. The van der Waals surface area contributed by atoms with Gasteiger partial charge in [0.2, 0.25) is 0 Å². The van der Waals surface area contributed by atoms with Gasteiger partial charge < -0.3 is 10.5 Å². The first-order valence-electron chi connectivity index (χ1n) is 7.37. The summed E-state index contributed by atoms with van der Waals surface area (Å²) in [6.45, 7) is 4.63. The molecular formula is C16H24Cl2N2O2. The van der Waals surface area contributed by atoms with Crippen molar-refractivity contribution in [2.45, 2.75) is 32.4 Å². The van der Waals surface area contributed by atoms with Gasteiger partial charge in [-0.1, -0.05) is 18.5 Å². The molecule has 2 rings (SSSR count).